The van der Waals surface area contributed by atoms with E-state index in [2.05, 4.69) is 15.9 Å². The highest BCUT2D eigenvalue weighted by molar-refractivity contribution is 9.10. The molecule has 1 aliphatic rings. The van der Waals surface area contributed by atoms with Crippen LogP contribution < -0.4 is 9.47 Å². The highest BCUT2D eigenvalue weighted by atomic mass is 79.9. The predicted octanol–water partition coefficient (Wildman–Crippen LogP) is 4.72. The Hall–Kier alpha value is -3.12. The molecule has 0 N–H and O–H groups in total. The Morgan fingerprint density at radius 1 is 0.900 bits per heavy atom. The van der Waals surface area contributed by atoms with Crippen molar-refractivity contribution >= 4 is 27.6 Å². The largest absolute Gasteiger partial charge is 0.486 e. The molecule has 0 saturated heterocycles. The van der Waals surface area contributed by atoms with Gasteiger partial charge >= 0.3 is 0 Å². The zero-order valence-electron chi connectivity index (χ0n) is 16.4. The molecule has 4 rings (SSSR count). The second-order valence-electron chi connectivity index (χ2n) is 7.02. The van der Waals surface area contributed by atoms with Gasteiger partial charge < -0.3 is 14.4 Å². The maximum atomic E-state index is 13.2. The van der Waals surface area contributed by atoms with E-state index in [9.17, 15) is 9.59 Å². The highest BCUT2D eigenvalue weighted by Gasteiger charge is 2.21. The Kier molecular flexibility index (Phi) is 5.86. The first-order valence-electron chi connectivity index (χ1n) is 9.56. The second-order valence-corrected chi connectivity index (χ2v) is 7.94. The van der Waals surface area contributed by atoms with E-state index < -0.39 is 0 Å². The van der Waals surface area contributed by atoms with Gasteiger partial charge in [-0.25, -0.2) is 0 Å². The molecule has 1 aliphatic heterocycles. The van der Waals surface area contributed by atoms with Crippen molar-refractivity contribution in [1.82, 2.24) is 4.90 Å². The minimum atomic E-state index is -0.217. The molecule has 0 aliphatic carbocycles. The quantitative estimate of drug-likeness (QED) is 0.511. The summed E-state index contributed by atoms with van der Waals surface area (Å²) in [6, 6.07) is 19.7. The molecule has 0 saturated carbocycles. The number of hydrogen-bond donors (Lipinski definition) is 0. The van der Waals surface area contributed by atoms with E-state index in [1.807, 2.05) is 30.3 Å². The van der Waals surface area contributed by atoms with E-state index in [4.69, 9.17) is 9.47 Å². The van der Waals surface area contributed by atoms with Crippen molar-refractivity contribution in [3.05, 3.63) is 93.5 Å². The number of fused-ring (bicyclic) bond motifs is 1. The molecule has 6 heteroatoms. The van der Waals surface area contributed by atoms with Gasteiger partial charge in [-0.05, 0) is 48.0 Å². The van der Waals surface area contributed by atoms with Gasteiger partial charge in [-0.15, -0.1) is 0 Å². The van der Waals surface area contributed by atoms with Crippen LogP contribution in [0.25, 0.3) is 0 Å². The molecule has 0 fully saturated rings. The molecule has 5 nitrogen and oxygen atoms in total. The number of carbonyl (C=O) groups excluding carboxylic acids is 2. The molecule has 3 aromatic rings. The third-order valence-corrected chi connectivity index (χ3v) is 5.41. The fourth-order valence-electron chi connectivity index (χ4n) is 3.36. The average molecular weight is 466 g/mol. The first kappa shape index (κ1) is 20.2. The second kappa shape index (κ2) is 8.71. The maximum absolute atomic E-state index is 13.2. The van der Waals surface area contributed by atoms with Gasteiger partial charge in [-0.3, -0.25) is 9.59 Å². The van der Waals surface area contributed by atoms with Crippen LogP contribution in [0.15, 0.2) is 71.2 Å². The van der Waals surface area contributed by atoms with Crippen LogP contribution in [0.3, 0.4) is 0 Å². The van der Waals surface area contributed by atoms with E-state index in [0.29, 0.717) is 47.9 Å². The Morgan fingerprint density at radius 3 is 2.30 bits per heavy atom. The number of amides is 1. The maximum Gasteiger partial charge on any atom is 0.254 e. The number of ketones is 1. The molecule has 0 spiro atoms. The topological polar surface area (TPSA) is 55.8 Å². The number of rotatable bonds is 5. The third kappa shape index (κ3) is 4.24. The highest BCUT2D eigenvalue weighted by Crippen LogP contribution is 2.31. The van der Waals surface area contributed by atoms with Crippen molar-refractivity contribution in [2.24, 2.45) is 0 Å². The Balaban J connectivity index is 1.56. The Labute approximate surface area is 183 Å². The molecule has 30 heavy (non-hydrogen) atoms. The summed E-state index contributed by atoms with van der Waals surface area (Å²) in [7, 11) is 1.72. The van der Waals surface area contributed by atoms with Gasteiger partial charge in [-0.2, -0.15) is 0 Å². The lowest BCUT2D eigenvalue weighted by atomic mass is 9.97. The van der Waals surface area contributed by atoms with Gasteiger partial charge in [0.1, 0.15) is 13.2 Å². The number of hydrogen-bond acceptors (Lipinski definition) is 4. The number of ether oxygens (including phenoxy) is 2. The van der Waals surface area contributed by atoms with Crippen molar-refractivity contribution < 1.29 is 19.1 Å². The summed E-state index contributed by atoms with van der Waals surface area (Å²) in [5, 5.41) is 0. The zero-order valence-corrected chi connectivity index (χ0v) is 18.0. The zero-order chi connectivity index (χ0) is 21.1. The normalized spacial score (nSPS) is 12.3. The lowest BCUT2D eigenvalue weighted by Gasteiger charge is -2.22. The van der Waals surface area contributed by atoms with Gasteiger partial charge in [0.05, 0.1) is 5.56 Å². The van der Waals surface area contributed by atoms with Gasteiger partial charge in [0.2, 0.25) is 0 Å². The van der Waals surface area contributed by atoms with E-state index in [-0.39, 0.29) is 11.7 Å². The molecular weight excluding hydrogens is 446 g/mol. The van der Waals surface area contributed by atoms with Crippen LogP contribution in [-0.2, 0) is 6.54 Å². The standard InChI is InChI=1S/C24H20BrNO4/c1-26(15-16-6-11-21-22(14-16)30-13-12-29-21)24(28)20-5-3-2-4-19(20)23(27)17-7-9-18(25)10-8-17/h2-11,14H,12-13,15H2,1H3. The summed E-state index contributed by atoms with van der Waals surface area (Å²) in [5.74, 6) is 1.000. The summed E-state index contributed by atoms with van der Waals surface area (Å²) >= 11 is 3.37. The van der Waals surface area contributed by atoms with Crippen LogP contribution >= 0.6 is 15.9 Å². The number of halogens is 1. The fraction of sp³-hybridized carbons (Fsp3) is 0.167. The first-order chi connectivity index (χ1) is 14.5. The van der Waals surface area contributed by atoms with Gasteiger partial charge in [-0.1, -0.05) is 40.2 Å². The third-order valence-electron chi connectivity index (χ3n) is 4.88. The molecule has 3 aromatic carbocycles. The fourth-order valence-corrected chi connectivity index (χ4v) is 3.63. The van der Waals surface area contributed by atoms with E-state index in [1.54, 1.807) is 48.3 Å². The van der Waals surface area contributed by atoms with Crippen molar-refractivity contribution in [2.75, 3.05) is 20.3 Å². The van der Waals surface area contributed by atoms with Crippen LogP contribution in [-0.4, -0.2) is 36.9 Å². The lowest BCUT2D eigenvalue weighted by Crippen LogP contribution is -2.28. The Morgan fingerprint density at radius 2 is 1.57 bits per heavy atom. The van der Waals surface area contributed by atoms with E-state index in [1.165, 1.54) is 0 Å². The molecule has 152 valence electrons. The number of benzene rings is 3. The predicted molar refractivity (Wildman–Crippen MR) is 117 cm³/mol. The molecule has 0 bridgehead atoms. The average Bonchev–Trinajstić information content (AvgIpc) is 2.78. The summed E-state index contributed by atoms with van der Waals surface area (Å²) in [5.41, 5.74) is 2.23. The number of carbonyl (C=O) groups is 2. The summed E-state index contributed by atoms with van der Waals surface area (Å²) in [6.45, 7) is 1.43. The summed E-state index contributed by atoms with van der Waals surface area (Å²) in [4.78, 5) is 27.8. The van der Waals surface area contributed by atoms with Crippen molar-refractivity contribution in [1.29, 1.82) is 0 Å². The van der Waals surface area contributed by atoms with Gasteiger partial charge in [0.25, 0.3) is 5.91 Å². The van der Waals surface area contributed by atoms with Gasteiger partial charge in [0, 0.05) is 29.2 Å². The van der Waals surface area contributed by atoms with Gasteiger partial charge in [0.15, 0.2) is 17.3 Å². The smallest absolute Gasteiger partial charge is 0.254 e. The Bertz CT molecular complexity index is 1090. The van der Waals surface area contributed by atoms with Crippen LogP contribution in [0.2, 0.25) is 0 Å². The van der Waals surface area contributed by atoms with Crippen molar-refractivity contribution in [2.45, 2.75) is 6.54 Å². The number of nitrogens with zero attached hydrogens (tertiary/aromatic N) is 1. The van der Waals surface area contributed by atoms with Crippen LogP contribution in [0.5, 0.6) is 11.5 Å². The van der Waals surface area contributed by atoms with Crippen LogP contribution in [0.1, 0.15) is 31.8 Å². The molecule has 0 atom stereocenters. The summed E-state index contributed by atoms with van der Waals surface area (Å²) < 4.78 is 12.1. The first-order valence-corrected chi connectivity index (χ1v) is 10.4. The summed E-state index contributed by atoms with van der Waals surface area (Å²) in [6.07, 6.45) is 0. The molecular formula is C24H20BrNO4. The minimum Gasteiger partial charge on any atom is -0.486 e. The SMILES string of the molecule is CN(Cc1ccc2c(c1)OCCO2)C(=O)c1ccccc1C(=O)c1ccc(Br)cc1. The van der Waals surface area contributed by atoms with Crippen molar-refractivity contribution in [3.63, 3.8) is 0 Å². The van der Waals surface area contributed by atoms with Crippen molar-refractivity contribution in [3.8, 4) is 11.5 Å². The molecule has 0 radical (unpaired) electrons. The monoisotopic (exact) mass is 465 g/mol. The molecule has 0 aromatic heterocycles. The van der Waals surface area contributed by atoms with Crippen LogP contribution in [0.4, 0.5) is 0 Å². The molecule has 1 heterocycles. The van der Waals surface area contributed by atoms with Crippen LogP contribution in [0, 0.1) is 0 Å². The lowest BCUT2D eigenvalue weighted by molar-refractivity contribution is 0.0780. The van der Waals surface area contributed by atoms with E-state index in [0.717, 1.165) is 10.0 Å². The molecule has 1 amide bonds. The molecule has 0 unspecified atom stereocenters. The minimum absolute atomic E-state index is 0.181. The van der Waals surface area contributed by atoms with E-state index >= 15 is 0 Å².